The van der Waals surface area contributed by atoms with E-state index in [0.717, 1.165) is 11.1 Å². The van der Waals surface area contributed by atoms with Crippen molar-refractivity contribution in [1.29, 1.82) is 0 Å². The molecule has 0 aliphatic heterocycles. The largest absolute Gasteiger partial charge is 0.0836 e. The van der Waals surface area contributed by atoms with Gasteiger partial charge in [0, 0.05) is 15.6 Å². The van der Waals surface area contributed by atoms with Crippen LogP contribution in [0.5, 0.6) is 0 Å². The van der Waals surface area contributed by atoms with Crippen molar-refractivity contribution in [3.05, 3.63) is 69.2 Å². The Morgan fingerprint density at radius 2 is 1.41 bits per heavy atom. The van der Waals surface area contributed by atoms with Crippen LogP contribution < -0.4 is 0 Å². The fourth-order valence-electron chi connectivity index (χ4n) is 1.53. The summed E-state index contributed by atoms with van der Waals surface area (Å²) in [4.78, 5) is 0. The minimum Gasteiger partial charge on any atom is -0.0836 e. The van der Waals surface area contributed by atoms with Crippen LogP contribution in [0.2, 0.25) is 10.0 Å². The Labute approximate surface area is 112 Å². The SMILES string of the molecule is Cc1ccc(C=Cc2c(Cl)cccc2Cl)cc1. The minimum atomic E-state index is 0.667. The molecule has 2 aromatic rings. The number of hydrogen-bond donors (Lipinski definition) is 0. The van der Waals surface area contributed by atoms with E-state index >= 15 is 0 Å². The van der Waals surface area contributed by atoms with Gasteiger partial charge in [0.15, 0.2) is 0 Å². The van der Waals surface area contributed by atoms with Gasteiger partial charge in [-0.2, -0.15) is 0 Å². The van der Waals surface area contributed by atoms with Gasteiger partial charge in [-0.05, 0) is 24.6 Å². The average molecular weight is 263 g/mol. The van der Waals surface area contributed by atoms with Gasteiger partial charge in [0.05, 0.1) is 0 Å². The Hall–Kier alpha value is -1.24. The van der Waals surface area contributed by atoms with E-state index in [0.29, 0.717) is 10.0 Å². The van der Waals surface area contributed by atoms with Crippen molar-refractivity contribution >= 4 is 35.4 Å². The summed E-state index contributed by atoms with van der Waals surface area (Å²) < 4.78 is 0. The third-order valence-electron chi connectivity index (χ3n) is 2.52. The average Bonchev–Trinajstić information content (AvgIpc) is 2.31. The van der Waals surface area contributed by atoms with Gasteiger partial charge in [-0.1, -0.05) is 71.2 Å². The highest BCUT2D eigenvalue weighted by molar-refractivity contribution is 6.37. The standard InChI is InChI=1S/C15H12Cl2/c1-11-5-7-12(8-6-11)9-10-13-14(16)3-2-4-15(13)17/h2-10H,1H3. The lowest BCUT2D eigenvalue weighted by molar-refractivity contribution is 1.46. The highest BCUT2D eigenvalue weighted by atomic mass is 35.5. The van der Waals surface area contributed by atoms with E-state index in [1.54, 1.807) is 0 Å². The molecule has 0 amide bonds. The zero-order chi connectivity index (χ0) is 12.3. The number of aryl methyl sites for hydroxylation is 1. The lowest BCUT2D eigenvalue weighted by atomic mass is 10.1. The second kappa shape index (κ2) is 5.39. The molecule has 0 aliphatic rings. The maximum atomic E-state index is 6.09. The molecule has 0 unspecified atom stereocenters. The Bertz CT molecular complexity index is 519. The van der Waals surface area contributed by atoms with E-state index < -0.39 is 0 Å². The van der Waals surface area contributed by atoms with Crippen molar-refractivity contribution in [2.24, 2.45) is 0 Å². The first-order chi connectivity index (χ1) is 8.16. The van der Waals surface area contributed by atoms with Crippen LogP contribution in [0.4, 0.5) is 0 Å². The summed E-state index contributed by atoms with van der Waals surface area (Å²) in [6, 6.07) is 13.8. The first-order valence-electron chi connectivity index (χ1n) is 5.35. The van der Waals surface area contributed by atoms with Crippen LogP contribution in [0.25, 0.3) is 12.2 Å². The Kier molecular flexibility index (Phi) is 3.88. The van der Waals surface area contributed by atoms with Gasteiger partial charge >= 0.3 is 0 Å². The van der Waals surface area contributed by atoms with Crippen LogP contribution in [0, 0.1) is 6.92 Å². The molecule has 2 rings (SSSR count). The fraction of sp³-hybridized carbons (Fsp3) is 0.0667. The van der Waals surface area contributed by atoms with E-state index in [2.05, 4.69) is 31.2 Å². The Morgan fingerprint density at radius 3 is 2.00 bits per heavy atom. The van der Waals surface area contributed by atoms with Crippen LogP contribution in [-0.2, 0) is 0 Å². The smallest absolute Gasteiger partial charge is 0.0493 e. The molecule has 17 heavy (non-hydrogen) atoms. The predicted molar refractivity (Wildman–Crippen MR) is 76.6 cm³/mol. The molecule has 2 aromatic carbocycles. The lowest BCUT2D eigenvalue weighted by Gasteiger charge is -2.01. The molecule has 2 heteroatoms. The molecule has 0 fully saturated rings. The summed E-state index contributed by atoms with van der Waals surface area (Å²) in [6.07, 6.45) is 3.95. The minimum absolute atomic E-state index is 0.667. The topological polar surface area (TPSA) is 0 Å². The van der Waals surface area contributed by atoms with Gasteiger partial charge in [0.1, 0.15) is 0 Å². The van der Waals surface area contributed by atoms with Crippen molar-refractivity contribution in [2.75, 3.05) is 0 Å². The maximum absolute atomic E-state index is 6.09. The molecule has 0 aliphatic carbocycles. The molecule has 0 radical (unpaired) electrons. The van der Waals surface area contributed by atoms with Crippen molar-refractivity contribution in [3.63, 3.8) is 0 Å². The summed E-state index contributed by atoms with van der Waals surface area (Å²) in [7, 11) is 0. The predicted octanol–water partition coefficient (Wildman–Crippen LogP) is 5.47. The number of hydrogen-bond acceptors (Lipinski definition) is 0. The number of benzene rings is 2. The van der Waals surface area contributed by atoms with E-state index in [-0.39, 0.29) is 0 Å². The van der Waals surface area contributed by atoms with Gasteiger partial charge < -0.3 is 0 Å². The molecule has 0 saturated carbocycles. The van der Waals surface area contributed by atoms with Crippen molar-refractivity contribution in [3.8, 4) is 0 Å². The molecule has 0 atom stereocenters. The van der Waals surface area contributed by atoms with Crippen LogP contribution in [0.15, 0.2) is 42.5 Å². The van der Waals surface area contributed by atoms with Crippen LogP contribution >= 0.6 is 23.2 Å². The van der Waals surface area contributed by atoms with Gasteiger partial charge in [0.2, 0.25) is 0 Å². The summed E-state index contributed by atoms with van der Waals surface area (Å²) in [5.41, 5.74) is 3.24. The Morgan fingerprint density at radius 1 is 0.824 bits per heavy atom. The second-order valence-corrected chi connectivity index (χ2v) is 4.69. The van der Waals surface area contributed by atoms with Gasteiger partial charge in [-0.3, -0.25) is 0 Å². The molecule has 0 aromatic heterocycles. The normalized spacial score (nSPS) is 11.0. The molecule has 0 heterocycles. The van der Waals surface area contributed by atoms with E-state index in [1.165, 1.54) is 5.56 Å². The van der Waals surface area contributed by atoms with Crippen LogP contribution in [-0.4, -0.2) is 0 Å². The molecule has 0 N–H and O–H groups in total. The molecule has 0 bridgehead atoms. The number of halogens is 2. The summed E-state index contributed by atoms with van der Waals surface area (Å²) in [5, 5.41) is 1.33. The monoisotopic (exact) mass is 262 g/mol. The number of rotatable bonds is 2. The van der Waals surface area contributed by atoms with Gasteiger partial charge in [-0.15, -0.1) is 0 Å². The molecule has 0 saturated heterocycles. The summed E-state index contributed by atoms with van der Waals surface area (Å²) in [5.74, 6) is 0. The zero-order valence-corrected chi connectivity index (χ0v) is 11.0. The van der Waals surface area contributed by atoms with Crippen LogP contribution in [0.1, 0.15) is 16.7 Å². The van der Waals surface area contributed by atoms with Gasteiger partial charge in [0.25, 0.3) is 0 Å². The first-order valence-corrected chi connectivity index (χ1v) is 6.11. The first kappa shape index (κ1) is 12.2. The fourth-order valence-corrected chi connectivity index (χ4v) is 2.05. The molecule has 0 spiro atoms. The summed E-state index contributed by atoms with van der Waals surface area (Å²) in [6.45, 7) is 2.07. The van der Waals surface area contributed by atoms with Crippen molar-refractivity contribution in [1.82, 2.24) is 0 Å². The third kappa shape index (κ3) is 3.12. The summed E-state index contributed by atoms with van der Waals surface area (Å²) >= 11 is 12.2. The second-order valence-electron chi connectivity index (χ2n) is 3.88. The van der Waals surface area contributed by atoms with Crippen molar-refractivity contribution in [2.45, 2.75) is 6.92 Å². The zero-order valence-electron chi connectivity index (χ0n) is 9.45. The lowest BCUT2D eigenvalue weighted by Crippen LogP contribution is -1.78. The Balaban J connectivity index is 2.29. The van der Waals surface area contributed by atoms with E-state index in [1.807, 2.05) is 30.4 Å². The maximum Gasteiger partial charge on any atom is 0.0493 e. The molecular weight excluding hydrogens is 251 g/mol. The quantitative estimate of drug-likeness (QED) is 0.630. The molecule has 0 nitrogen and oxygen atoms in total. The van der Waals surface area contributed by atoms with Gasteiger partial charge in [-0.25, -0.2) is 0 Å². The molecule has 86 valence electrons. The molecular formula is C15H12Cl2. The van der Waals surface area contributed by atoms with E-state index in [9.17, 15) is 0 Å². The third-order valence-corrected chi connectivity index (χ3v) is 3.18. The van der Waals surface area contributed by atoms with E-state index in [4.69, 9.17) is 23.2 Å². The highest BCUT2D eigenvalue weighted by Gasteiger charge is 2.00. The highest BCUT2D eigenvalue weighted by Crippen LogP contribution is 2.26. The van der Waals surface area contributed by atoms with Crippen LogP contribution in [0.3, 0.4) is 0 Å². The van der Waals surface area contributed by atoms with Crippen molar-refractivity contribution < 1.29 is 0 Å².